The van der Waals surface area contributed by atoms with Gasteiger partial charge in [-0.15, -0.1) is 11.3 Å². The molecule has 2 aromatic carbocycles. The van der Waals surface area contributed by atoms with Crippen LogP contribution in [0.2, 0.25) is 0 Å². The number of phenolic OH excluding ortho intramolecular Hbond substituents is 1. The predicted molar refractivity (Wildman–Crippen MR) is 120 cm³/mol. The van der Waals surface area contributed by atoms with Crippen molar-refractivity contribution in [1.82, 2.24) is 4.98 Å². The van der Waals surface area contributed by atoms with Crippen LogP contribution in [0.5, 0.6) is 5.75 Å². The van der Waals surface area contributed by atoms with E-state index in [2.05, 4.69) is 4.98 Å². The number of anilines is 1. The number of fused-ring (bicyclic) bond motifs is 2. The lowest BCUT2D eigenvalue weighted by molar-refractivity contribution is -0.913. The fourth-order valence-corrected chi connectivity index (χ4v) is 5.34. The van der Waals surface area contributed by atoms with Crippen LogP contribution in [0.15, 0.2) is 45.6 Å². The molecule has 4 N–H and O–H groups in total. The van der Waals surface area contributed by atoms with Gasteiger partial charge in [-0.2, -0.15) is 0 Å². The van der Waals surface area contributed by atoms with Crippen molar-refractivity contribution in [2.75, 3.05) is 18.8 Å². The molecule has 0 atom stereocenters. The topological polar surface area (TPSA) is 93.8 Å². The minimum Gasteiger partial charge on any atom is -0.507 e. The molecule has 4 aromatic rings. The van der Waals surface area contributed by atoms with Gasteiger partial charge in [-0.25, -0.2) is 4.98 Å². The molecule has 1 fully saturated rings. The van der Waals surface area contributed by atoms with Gasteiger partial charge in [0.1, 0.15) is 22.9 Å². The zero-order valence-electron chi connectivity index (χ0n) is 16.6. The number of nitrogens with one attached hydrogen (secondary N) is 1. The number of quaternary nitrogens is 1. The first-order valence-electron chi connectivity index (χ1n) is 10.4. The second-order valence-electron chi connectivity index (χ2n) is 7.94. The van der Waals surface area contributed by atoms with Crippen molar-refractivity contribution < 1.29 is 14.4 Å². The molecular formula is C23H24N3O3S+. The van der Waals surface area contributed by atoms with Crippen LogP contribution in [0.25, 0.3) is 31.8 Å². The highest BCUT2D eigenvalue weighted by Gasteiger charge is 2.23. The maximum absolute atomic E-state index is 13.4. The Morgan fingerprint density at radius 1 is 1.10 bits per heavy atom. The molecule has 0 bridgehead atoms. The predicted octanol–water partition coefficient (Wildman–Crippen LogP) is 3.32. The van der Waals surface area contributed by atoms with Crippen molar-refractivity contribution in [3.8, 4) is 16.3 Å². The van der Waals surface area contributed by atoms with Crippen LogP contribution in [0.4, 0.5) is 5.88 Å². The molecule has 6 nitrogen and oxygen atoms in total. The molecule has 1 aliphatic heterocycles. The molecule has 154 valence electrons. The van der Waals surface area contributed by atoms with Crippen LogP contribution in [0, 0.1) is 0 Å². The Hall–Kier alpha value is -2.90. The molecule has 0 spiro atoms. The van der Waals surface area contributed by atoms with Crippen LogP contribution in [0.3, 0.4) is 0 Å². The minimum atomic E-state index is -0.208. The molecular weight excluding hydrogens is 398 g/mol. The van der Waals surface area contributed by atoms with Crippen molar-refractivity contribution in [2.24, 2.45) is 0 Å². The Balaban J connectivity index is 1.64. The second kappa shape index (κ2) is 7.74. The zero-order chi connectivity index (χ0) is 20.7. The zero-order valence-corrected chi connectivity index (χ0v) is 17.4. The normalized spacial score (nSPS) is 15.6. The monoisotopic (exact) mass is 422 g/mol. The number of rotatable bonds is 3. The van der Waals surface area contributed by atoms with Crippen LogP contribution in [0.1, 0.15) is 31.2 Å². The Morgan fingerprint density at radius 2 is 1.87 bits per heavy atom. The number of nitrogen functional groups attached to an aromatic ring is 1. The number of phenols is 1. The van der Waals surface area contributed by atoms with E-state index in [0.717, 1.165) is 23.3 Å². The number of hydrogen-bond donors (Lipinski definition) is 3. The van der Waals surface area contributed by atoms with E-state index >= 15 is 0 Å². The molecule has 30 heavy (non-hydrogen) atoms. The van der Waals surface area contributed by atoms with Gasteiger partial charge in [0.25, 0.3) is 0 Å². The van der Waals surface area contributed by atoms with Crippen LogP contribution >= 0.6 is 11.3 Å². The third-order valence-electron chi connectivity index (χ3n) is 5.91. The molecule has 1 saturated heterocycles. The van der Waals surface area contributed by atoms with Gasteiger partial charge in [0.15, 0.2) is 5.58 Å². The van der Waals surface area contributed by atoms with Gasteiger partial charge in [0.05, 0.1) is 34.3 Å². The van der Waals surface area contributed by atoms with E-state index in [-0.39, 0.29) is 17.1 Å². The summed E-state index contributed by atoms with van der Waals surface area (Å²) in [6, 6.07) is 10.9. The molecule has 1 aliphatic rings. The Bertz CT molecular complexity index is 1250. The number of para-hydroxylation sites is 1. The van der Waals surface area contributed by atoms with E-state index in [1.807, 2.05) is 24.3 Å². The number of hydrogen-bond acceptors (Lipinski definition) is 6. The molecule has 0 aliphatic carbocycles. The first kappa shape index (κ1) is 19.1. The van der Waals surface area contributed by atoms with Crippen LogP contribution in [-0.2, 0) is 6.54 Å². The molecule has 0 unspecified atom stereocenters. The average molecular weight is 423 g/mol. The number of likely N-dealkylation sites (tertiary alicyclic amines) is 1. The van der Waals surface area contributed by atoms with Gasteiger partial charge in [0, 0.05) is 0 Å². The van der Waals surface area contributed by atoms with E-state index < -0.39 is 0 Å². The second-order valence-corrected chi connectivity index (χ2v) is 8.97. The highest BCUT2D eigenvalue weighted by Crippen LogP contribution is 2.35. The van der Waals surface area contributed by atoms with E-state index in [1.54, 1.807) is 12.1 Å². The molecule has 0 saturated carbocycles. The van der Waals surface area contributed by atoms with E-state index in [4.69, 9.17) is 10.2 Å². The smallest absolute Gasteiger partial charge is 0.205 e. The number of benzene rings is 2. The third-order valence-corrected chi connectivity index (χ3v) is 6.96. The Morgan fingerprint density at radius 3 is 2.63 bits per heavy atom. The lowest BCUT2D eigenvalue weighted by atomic mass is 10.1. The summed E-state index contributed by atoms with van der Waals surface area (Å²) in [7, 11) is 0. The molecule has 3 heterocycles. The van der Waals surface area contributed by atoms with E-state index in [1.165, 1.54) is 41.9 Å². The van der Waals surface area contributed by atoms with Crippen molar-refractivity contribution >= 4 is 38.4 Å². The summed E-state index contributed by atoms with van der Waals surface area (Å²) >= 11 is 1.42. The number of nitrogens with zero attached hydrogens (tertiary/aromatic N) is 1. The quantitative estimate of drug-likeness (QED) is 0.471. The summed E-state index contributed by atoms with van der Waals surface area (Å²) in [6.07, 6.45) is 4.85. The maximum atomic E-state index is 13.4. The fraction of sp³-hybridized carbons (Fsp3) is 0.304. The summed E-state index contributed by atoms with van der Waals surface area (Å²) in [5.74, 6) is 0.193. The molecule has 2 aromatic heterocycles. The van der Waals surface area contributed by atoms with Gasteiger partial charge >= 0.3 is 0 Å². The Kier molecular flexibility index (Phi) is 4.92. The molecule has 0 radical (unpaired) electrons. The first-order chi connectivity index (χ1) is 14.6. The van der Waals surface area contributed by atoms with Gasteiger partial charge in [-0.05, 0) is 49.9 Å². The minimum absolute atomic E-state index is 0.0456. The maximum Gasteiger partial charge on any atom is 0.205 e. The van der Waals surface area contributed by atoms with Gasteiger partial charge in [-0.1, -0.05) is 12.1 Å². The average Bonchev–Trinajstić information content (AvgIpc) is 2.98. The van der Waals surface area contributed by atoms with E-state index in [0.29, 0.717) is 33.6 Å². The highest BCUT2D eigenvalue weighted by atomic mass is 32.1. The van der Waals surface area contributed by atoms with Gasteiger partial charge in [0.2, 0.25) is 11.3 Å². The highest BCUT2D eigenvalue weighted by molar-refractivity contribution is 7.21. The first-order valence-corrected chi connectivity index (χ1v) is 11.2. The summed E-state index contributed by atoms with van der Waals surface area (Å²) in [5.41, 5.74) is 8.19. The molecule has 5 rings (SSSR count). The van der Waals surface area contributed by atoms with Crippen LogP contribution in [-0.4, -0.2) is 23.2 Å². The summed E-state index contributed by atoms with van der Waals surface area (Å²) in [4.78, 5) is 19.4. The SMILES string of the molecule is Nc1oc2c(C[NH+]3CCCCCC3)c(O)ccc2c(=O)c1-c1nc2ccccc2s1. The number of thiazole rings is 1. The van der Waals surface area contributed by atoms with Crippen molar-refractivity contribution in [3.05, 3.63) is 52.2 Å². The van der Waals surface area contributed by atoms with Crippen molar-refractivity contribution in [2.45, 2.75) is 32.2 Å². The third kappa shape index (κ3) is 3.34. The van der Waals surface area contributed by atoms with E-state index in [9.17, 15) is 9.90 Å². The lowest BCUT2D eigenvalue weighted by Gasteiger charge is -2.18. The summed E-state index contributed by atoms with van der Waals surface area (Å²) in [5, 5.41) is 11.5. The summed E-state index contributed by atoms with van der Waals surface area (Å²) < 4.78 is 6.97. The molecule has 0 amide bonds. The lowest BCUT2D eigenvalue weighted by Crippen LogP contribution is -3.10. The fourth-order valence-electron chi connectivity index (χ4n) is 4.33. The number of nitrogens with two attached hydrogens (primary N) is 1. The van der Waals surface area contributed by atoms with Crippen molar-refractivity contribution in [3.63, 3.8) is 0 Å². The number of aromatic hydroxyl groups is 1. The largest absolute Gasteiger partial charge is 0.507 e. The van der Waals surface area contributed by atoms with Crippen molar-refractivity contribution in [1.29, 1.82) is 0 Å². The van der Waals surface area contributed by atoms with Gasteiger partial charge in [-0.3, -0.25) is 4.79 Å². The molecule has 7 heteroatoms. The van der Waals surface area contributed by atoms with Crippen LogP contribution < -0.4 is 16.1 Å². The van der Waals surface area contributed by atoms with Gasteiger partial charge < -0.3 is 20.2 Å². The number of aromatic nitrogens is 1. The summed E-state index contributed by atoms with van der Waals surface area (Å²) in [6.45, 7) is 2.73. The Labute approximate surface area is 177 Å². The standard InChI is InChI=1S/C23H23N3O3S/c24-22-19(23-25-16-7-3-4-8-18(16)30-23)20(28)14-9-10-17(27)15(21(14)29-22)13-26-11-5-1-2-6-12-26/h3-4,7-10,27H,1-2,5-6,11-13,24H2/p+1.